The van der Waals surface area contributed by atoms with E-state index < -0.39 is 7.12 Å². The summed E-state index contributed by atoms with van der Waals surface area (Å²) in [7, 11) is -1.28. The van der Waals surface area contributed by atoms with Crippen LogP contribution in [0.25, 0.3) is 0 Å². The molecule has 0 atom stereocenters. The number of hydrogen-bond donors (Lipinski definition) is 2. The van der Waals surface area contributed by atoms with Gasteiger partial charge in [-0.2, -0.15) is 0 Å². The van der Waals surface area contributed by atoms with Crippen LogP contribution >= 0.6 is 0 Å². The third-order valence-electron chi connectivity index (χ3n) is 1.10. The first-order valence-electron chi connectivity index (χ1n) is 2.53. The fraction of sp³-hybridized carbons (Fsp3) is 0.200. The van der Waals surface area contributed by atoms with Crippen molar-refractivity contribution in [1.29, 1.82) is 0 Å². The van der Waals surface area contributed by atoms with Gasteiger partial charge in [0.2, 0.25) is 0 Å². The summed E-state index contributed by atoms with van der Waals surface area (Å²) in [5.41, 5.74) is 0.602. The summed E-state index contributed by atoms with van der Waals surface area (Å²) in [6, 6.07) is 0. The van der Waals surface area contributed by atoms with Crippen molar-refractivity contribution in [3.8, 4) is 0 Å². The minimum Gasteiger partial charge on any atom is -0.423 e. The van der Waals surface area contributed by atoms with Crippen LogP contribution in [0.4, 0.5) is 0 Å². The van der Waals surface area contributed by atoms with Gasteiger partial charge in [-0.15, -0.1) is 0 Å². The lowest BCUT2D eigenvalue weighted by Crippen LogP contribution is -2.12. The van der Waals surface area contributed by atoms with Crippen LogP contribution in [0, 0.1) is 0 Å². The highest BCUT2D eigenvalue weighted by atomic mass is 16.4. The summed E-state index contributed by atoms with van der Waals surface area (Å²) in [5.74, 6) is 0. The van der Waals surface area contributed by atoms with Gasteiger partial charge in [0, 0.05) is 0 Å². The molecule has 8 heavy (non-hydrogen) atoms. The second kappa shape index (κ2) is 2.16. The molecule has 1 aliphatic carbocycles. The standard InChI is InChI=1S/C5H7BO2/c7-6(8)5-3-1-2-4-5/h1,3-4,7-8H,2H2. The predicted molar refractivity (Wildman–Crippen MR) is 32.0 cm³/mol. The van der Waals surface area contributed by atoms with Gasteiger partial charge in [-0.3, -0.25) is 0 Å². The Morgan fingerprint density at radius 1 is 1.50 bits per heavy atom. The molecule has 0 saturated carbocycles. The van der Waals surface area contributed by atoms with Crippen LogP contribution in [0.3, 0.4) is 0 Å². The molecule has 0 radical (unpaired) electrons. The Bertz CT molecular complexity index is 137. The molecule has 0 aromatic heterocycles. The summed E-state index contributed by atoms with van der Waals surface area (Å²) in [6.07, 6.45) is 6.21. The van der Waals surface area contributed by atoms with Crippen molar-refractivity contribution in [2.24, 2.45) is 0 Å². The molecule has 0 saturated heterocycles. The van der Waals surface area contributed by atoms with E-state index in [0.29, 0.717) is 5.47 Å². The SMILES string of the molecule is OB(O)C1=CCC=C1. The molecular weight excluding hydrogens is 103 g/mol. The Hall–Kier alpha value is -0.535. The molecule has 1 rings (SSSR count). The van der Waals surface area contributed by atoms with E-state index in [-0.39, 0.29) is 0 Å². The van der Waals surface area contributed by atoms with Crippen LogP contribution in [0.2, 0.25) is 0 Å². The summed E-state index contributed by atoms with van der Waals surface area (Å²) >= 11 is 0. The molecule has 42 valence electrons. The molecule has 0 aliphatic heterocycles. The average molecular weight is 110 g/mol. The lowest BCUT2D eigenvalue weighted by molar-refractivity contribution is 0.421. The lowest BCUT2D eigenvalue weighted by Gasteiger charge is -1.91. The Balaban J connectivity index is 2.58. The van der Waals surface area contributed by atoms with Crippen molar-refractivity contribution in [2.75, 3.05) is 0 Å². The minimum atomic E-state index is -1.28. The highest BCUT2D eigenvalue weighted by Crippen LogP contribution is 2.08. The molecule has 3 heteroatoms. The van der Waals surface area contributed by atoms with Crippen molar-refractivity contribution in [1.82, 2.24) is 0 Å². The van der Waals surface area contributed by atoms with Gasteiger partial charge in [0.05, 0.1) is 0 Å². The first-order valence-corrected chi connectivity index (χ1v) is 2.53. The van der Waals surface area contributed by atoms with Crippen LogP contribution in [-0.2, 0) is 0 Å². The molecule has 1 aliphatic rings. The molecule has 0 amide bonds. The van der Waals surface area contributed by atoms with Gasteiger partial charge in [0.25, 0.3) is 0 Å². The van der Waals surface area contributed by atoms with E-state index in [0.717, 1.165) is 6.42 Å². The Kier molecular flexibility index (Phi) is 1.51. The summed E-state index contributed by atoms with van der Waals surface area (Å²) in [6.45, 7) is 0. The van der Waals surface area contributed by atoms with E-state index >= 15 is 0 Å². The zero-order chi connectivity index (χ0) is 5.98. The monoisotopic (exact) mass is 110 g/mol. The molecule has 0 spiro atoms. The zero-order valence-electron chi connectivity index (χ0n) is 4.41. The number of rotatable bonds is 1. The molecule has 0 heterocycles. The van der Waals surface area contributed by atoms with Gasteiger partial charge in [0.1, 0.15) is 0 Å². The van der Waals surface area contributed by atoms with E-state index in [1.165, 1.54) is 0 Å². The van der Waals surface area contributed by atoms with Crippen molar-refractivity contribution in [3.63, 3.8) is 0 Å². The smallest absolute Gasteiger partial charge is 0.423 e. The maximum absolute atomic E-state index is 8.49. The minimum absolute atomic E-state index is 0.602. The highest BCUT2D eigenvalue weighted by molar-refractivity contribution is 6.51. The second-order valence-corrected chi connectivity index (χ2v) is 1.72. The molecule has 0 aromatic carbocycles. The van der Waals surface area contributed by atoms with Gasteiger partial charge in [-0.25, -0.2) is 0 Å². The quantitative estimate of drug-likeness (QED) is 0.462. The molecule has 0 aromatic rings. The first kappa shape index (κ1) is 5.60. The number of hydrogen-bond acceptors (Lipinski definition) is 2. The van der Waals surface area contributed by atoms with Gasteiger partial charge in [-0.1, -0.05) is 18.2 Å². The molecule has 2 N–H and O–H groups in total. The predicted octanol–water partition coefficient (Wildman–Crippen LogP) is -0.115. The van der Waals surface area contributed by atoms with E-state index in [4.69, 9.17) is 10.0 Å². The van der Waals surface area contributed by atoms with Crippen LogP contribution < -0.4 is 0 Å². The molecular formula is C5H7BO2. The van der Waals surface area contributed by atoms with E-state index in [1.807, 2.05) is 6.08 Å². The van der Waals surface area contributed by atoms with Crippen LogP contribution in [0.15, 0.2) is 23.7 Å². The Morgan fingerprint density at radius 3 is 2.50 bits per heavy atom. The van der Waals surface area contributed by atoms with Crippen molar-refractivity contribution >= 4 is 7.12 Å². The Labute approximate surface area is 48.3 Å². The second-order valence-electron chi connectivity index (χ2n) is 1.72. The zero-order valence-corrected chi connectivity index (χ0v) is 4.41. The van der Waals surface area contributed by atoms with Crippen LogP contribution in [0.5, 0.6) is 0 Å². The normalized spacial score (nSPS) is 16.5. The topological polar surface area (TPSA) is 40.5 Å². The maximum atomic E-state index is 8.49. The molecule has 0 bridgehead atoms. The fourth-order valence-corrected chi connectivity index (χ4v) is 0.668. The van der Waals surface area contributed by atoms with Crippen LogP contribution in [0.1, 0.15) is 6.42 Å². The largest absolute Gasteiger partial charge is 0.488 e. The van der Waals surface area contributed by atoms with Gasteiger partial charge >= 0.3 is 7.12 Å². The molecule has 0 unspecified atom stereocenters. The fourth-order valence-electron chi connectivity index (χ4n) is 0.668. The molecule has 2 nitrogen and oxygen atoms in total. The van der Waals surface area contributed by atoms with E-state index in [1.54, 1.807) is 12.2 Å². The van der Waals surface area contributed by atoms with Gasteiger partial charge in [0.15, 0.2) is 0 Å². The molecule has 0 fully saturated rings. The van der Waals surface area contributed by atoms with Crippen molar-refractivity contribution < 1.29 is 10.0 Å². The van der Waals surface area contributed by atoms with E-state index in [9.17, 15) is 0 Å². The van der Waals surface area contributed by atoms with Gasteiger partial charge in [-0.05, 0) is 11.9 Å². The number of allylic oxidation sites excluding steroid dienone is 4. The summed E-state index contributed by atoms with van der Waals surface area (Å²) in [4.78, 5) is 0. The average Bonchev–Trinajstić information content (AvgIpc) is 2.12. The highest BCUT2D eigenvalue weighted by Gasteiger charge is 2.12. The van der Waals surface area contributed by atoms with Gasteiger partial charge < -0.3 is 10.0 Å². The van der Waals surface area contributed by atoms with Crippen molar-refractivity contribution in [3.05, 3.63) is 23.7 Å². The third-order valence-corrected chi connectivity index (χ3v) is 1.10. The third kappa shape index (κ3) is 0.995. The van der Waals surface area contributed by atoms with E-state index in [2.05, 4.69) is 0 Å². The summed E-state index contributed by atoms with van der Waals surface area (Å²) < 4.78 is 0. The maximum Gasteiger partial charge on any atom is 0.488 e. The summed E-state index contributed by atoms with van der Waals surface area (Å²) in [5, 5.41) is 17.0. The van der Waals surface area contributed by atoms with Crippen molar-refractivity contribution in [2.45, 2.75) is 6.42 Å². The van der Waals surface area contributed by atoms with Crippen LogP contribution in [-0.4, -0.2) is 17.2 Å². The Morgan fingerprint density at radius 2 is 2.25 bits per heavy atom. The first-order chi connectivity index (χ1) is 3.80. The lowest BCUT2D eigenvalue weighted by atomic mass is 9.80.